The third-order valence-corrected chi connectivity index (χ3v) is 3.62. The van der Waals surface area contributed by atoms with Crippen LogP contribution in [0.1, 0.15) is 28.8 Å². The van der Waals surface area contributed by atoms with Crippen molar-refractivity contribution in [2.75, 3.05) is 5.32 Å². The molecule has 0 unspecified atom stereocenters. The van der Waals surface area contributed by atoms with Crippen molar-refractivity contribution in [2.45, 2.75) is 25.3 Å². The summed E-state index contributed by atoms with van der Waals surface area (Å²) in [6.07, 6.45) is 2.26. The number of hydrogen-bond acceptors (Lipinski definition) is 2. The van der Waals surface area contributed by atoms with Crippen LogP contribution in [0.5, 0.6) is 0 Å². The Labute approximate surface area is 133 Å². The third kappa shape index (κ3) is 4.39. The van der Waals surface area contributed by atoms with Crippen LogP contribution >= 0.6 is 0 Å². The van der Waals surface area contributed by atoms with Crippen LogP contribution in [0.2, 0.25) is 0 Å². The van der Waals surface area contributed by atoms with Crippen molar-refractivity contribution in [3.63, 3.8) is 0 Å². The molecule has 0 spiro atoms. The largest absolute Gasteiger partial charge is 0.349 e. The number of halogens is 1. The standard InChI is InChI=1S/C18H17FN2O2/c19-14-5-1-12(2-6-14)11-17(22)20-15-7-3-13(4-8-15)18(23)21-16-9-10-16/h1-8,16H,9-11H2,(H,20,22)(H,21,23). The van der Waals surface area contributed by atoms with E-state index in [9.17, 15) is 14.0 Å². The second kappa shape index (κ2) is 6.60. The molecule has 0 bridgehead atoms. The van der Waals surface area contributed by atoms with Crippen molar-refractivity contribution in [1.82, 2.24) is 5.32 Å². The van der Waals surface area contributed by atoms with Gasteiger partial charge in [-0.3, -0.25) is 9.59 Å². The molecule has 1 aliphatic rings. The van der Waals surface area contributed by atoms with Crippen molar-refractivity contribution < 1.29 is 14.0 Å². The van der Waals surface area contributed by atoms with Crippen LogP contribution in [0.4, 0.5) is 10.1 Å². The molecule has 2 aromatic carbocycles. The fourth-order valence-corrected chi connectivity index (χ4v) is 2.19. The van der Waals surface area contributed by atoms with Gasteiger partial charge in [0.2, 0.25) is 5.91 Å². The van der Waals surface area contributed by atoms with Gasteiger partial charge < -0.3 is 10.6 Å². The molecule has 0 aromatic heterocycles. The molecule has 1 aliphatic carbocycles. The zero-order valence-corrected chi connectivity index (χ0v) is 12.5. The van der Waals surface area contributed by atoms with E-state index < -0.39 is 0 Å². The average molecular weight is 312 g/mol. The lowest BCUT2D eigenvalue weighted by Crippen LogP contribution is -2.25. The van der Waals surface area contributed by atoms with Crippen LogP contribution in [-0.4, -0.2) is 17.9 Å². The van der Waals surface area contributed by atoms with E-state index in [4.69, 9.17) is 0 Å². The van der Waals surface area contributed by atoms with Crippen molar-refractivity contribution in [3.8, 4) is 0 Å². The maximum atomic E-state index is 12.8. The summed E-state index contributed by atoms with van der Waals surface area (Å²) in [6.45, 7) is 0. The summed E-state index contributed by atoms with van der Waals surface area (Å²) in [7, 11) is 0. The summed E-state index contributed by atoms with van der Waals surface area (Å²) in [5.74, 6) is -0.599. The maximum absolute atomic E-state index is 12.8. The highest BCUT2D eigenvalue weighted by Gasteiger charge is 2.23. The minimum absolute atomic E-state index is 0.0864. The minimum atomic E-state index is -0.325. The number of anilines is 1. The molecule has 0 aliphatic heterocycles. The first-order chi connectivity index (χ1) is 11.1. The fraction of sp³-hybridized carbons (Fsp3) is 0.222. The molecule has 23 heavy (non-hydrogen) atoms. The second-order valence-electron chi connectivity index (χ2n) is 5.68. The summed E-state index contributed by atoms with van der Waals surface area (Å²) in [5.41, 5.74) is 1.94. The topological polar surface area (TPSA) is 58.2 Å². The van der Waals surface area contributed by atoms with E-state index in [1.165, 1.54) is 12.1 Å². The van der Waals surface area contributed by atoms with Gasteiger partial charge in [-0.2, -0.15) is 0 Å². The number of nitrogens with one attached hydrogen (secondary N) is 2. The fourth-order valence-electron chi connectivity index (χ4n) is 2.19. The Bertz CT molecular complexity index is 707. The molecule has 2 N–H and O–H groups in total. The normalized spacial score (nSPS) is 13.4. The van der Waals surface area contributed by atoms with Gasteiger partial charge in [0.25, 0.3) is 5.91 Å². The second-order valence-corrected chi connectivity index (χ2v) is 5.68. The van der Waals surface area contributed by atoms with Gasteiger partial charge in [0.1, 0.15) is 5.82 Å². The van der Waals surface area contributed by atoms with Gasteiger partial charge in [0, 0.05) is 17.3 Å². The minimum Gasteiger partial charge on any atom is -0.349 e. The Balaban J connectivity index is 1.55. The Morgan fingerprint density at radius 2 is 1.65 bits per heavy atom. The molecule has 118 valence electrons. The van der Waals surface area contributed by atoms with Gasteiger partial charge in [0.15, 0.2) is 0 Å². The average Bonchev–Trinajstić information content (AvgIpc) is 3.34. The van der Waals surface area contributed by atoms with Crippen molar-refractivity contribution in [2.24, 2.45) is 0 Å². The first kappa shape index (κ1) is 15.2. The Kier molecular flexibility index (Phi) is 4.37. The summed E-state index contributed by atoms with van der Waals surface area (Å²) in [5, 5.41) is 5.67. The molecule has 0 heterocycles. The Morgan fingerprint density at radius 1 is 1.00 bits per heavy atom. The van der Waals surface area contributed by atoms with Crippen LogP contribution in [0, 0.1) is 5.82 Å². The van der Waals surface area contributed by atoms with Crippen LogP contribution in [-0.2, 0) is 11.2 Å². The number of benzene rings is 2. The maximum Gasteiger partial charge on any atom is 0.251 e. The lowest BCUT2D eigenvalue weighted by Gasteiger charge is -2.07. The third-order valence-electron chi connectivity index (χ3n) is 3.62. The summed E-state index contributed by atoms with van der Waals surface area (Å²) >= 11 is 0. The molecular formula is C18H17FN2O2. The van der Waals surface area contributed by atoms with Gasteiger partial charge in [0.05, 0.1) is 6.42 Å². The van der Waals surface area contributed by atoms with E-state index in [0.29, 0.717) is 17.3 Å². The number of carbonyl (C=O) groups excluding carboxylic acids is 2. The highest BCUT2D eigenvalue weighted by molar-refractivity contribution is 5.96. The molecule has 0 saturated heterocycles. The van der Waals surface area contributed by atoms with E-state index in [0.717, 1.165) is 18.4 Å². The van der Waals surface area contributed by atoms with Crippen molar-refractivity contribution in [3.05, 3.63) is 65.5 Å². The number of rotatable bonds is 5. The zero-order valence-electron chi connectivity index (χ0n) is 12.5. The van der Waals surface area contributed by atoms with Gasteiger partial charge in [-0.25, -0.2) is 4.39 Å². The highest BCUT2D eigenvalue weighted by Crippen LogP contribution is 2.19. The monoisotopic (exact) mass is 312 g/mol. The summed E-state index contributed by atoms with van der Waals surface area (Å²) in [4.78, 5) is 23.8. The lowest BCUT2D eigenvalue weighted by atomic mass is 10.1. The van der Waals surface area contributed by atoms with Gasteiger partial charge in [-0.15, -0.1) is 0 Å². The molecule has 4 nitrogen and oxygen atoms in total. The first-order valence-corrected chi connectivity index (χ1v) is 7.55. The van der Waals surface area contributed by atoms with Crippen LogP contribution in [0.3, 0.4) is 0 Å². The van der Waals surface area contributed by atoms with E-state index in [1.54, 1.807) is 36.4 Å². The van der Waals surface area contributed by atoms with Crippen molar-refractivity contribution in [1.29, 1.82) is 0 Å². The molecular weight excluding hydrogens is 295 g/mol. The summed E-state index contributed by atoms with van der Waals surface area (Å²) in [6, 6.07) is 12.9. The van der Waals surface area contributed by atoms with Crippen molar-refractivity contribution >= 4 is 17.5 Å². The molecule has 3 rings (SSSR count). The predicted molar refractivity (Wildman–Crippen MR) is 85.7 cm³/mol. The van der Waals surface area contributed by atoms with Crippen LogP contribution in [0.15, 0.2) is 48.5 Å². The van der Waals surface area contributed by atoms with Gasteiger partial charge >= 0.3 is 0 Å². The molecule has 1 fully saturated rings. The highest BCUT2D eigenvalue weighted by atomic mass is 19.1. The summed E-state index contributed by atoms with van der Waals surface area (Å²) < 4.78 is 12.8. The van der Waals surface area contributed by atoms with E-state index in [-0.39, 0.29) is 24.1 Å². The number of hydrogen-bond donors (Lipinski definition) is 2. The first-order valence-electron chi connectivity index (χ1n) is 7.55. The van der Waals surface area contributed by atoms with Gasteiger partial charge in [-0.1, -0.05) is 12.1 Å². The molecule has 5 heteroatoms. The molecule has 0 atom stereocenters. The molecule has 2 aromatic rings. The predicted octanol–water partition coefficient (Wildman–Crippen LogP) is 2.90. The van der Waals surface area contributed by atoms with Crippen LogP contribution < -0.4 is 10.6 Å². The zero-order chi connectivity index (χ0) is 16.2. The van der Waals surface area contributed by atoms with Gasteiger partial charge in [-0.05, 0) is 54.8 Å². The lowest BCUT2D eigenvalue weighted by molar-refractivity contribution is -0.115. The van der Waals surface area contributed by atoms with Crippen LogP contribution in [0.25, 0.3) is 0 Å². The molecule has 2 amide bonds. The molecule has 0 radical (unpaired) electrons. The molecule has 1 saturated carbocycles. The Hall–Kier alpha value is -2.69. The Morgan fingerprint density at radius 3 is 2.26 bits per heavy atom. The van der Waals surface area contributed by atoms with E-state index in [1.807, 2.05) is 0 Å². The quantitative estimate of drug-likeness (QED) is 0.892. The smallest absolute Gasteiger partial charge is 0.251 e. The van der Waals surface area contributed by atoms with E-state index in [2.05, 4.69) is 10.6 Å². The number of carbonyl (C=O) groups is 2. The van der Waals surface area contributed by atoms with E-state index >= 15 is 0 Å². The SMILES string of the molecule is O=C(Cc1ccc(F)cc1)Nc1ccc(C(=O)NC2CC2)cc1. The number of amides is 2.